The highest BCUT2D eigenvalue weighted by Crippen LogP contribution is 2.39. The Bertz CT molecular complexity index is 1420. The number of halogens is 2. The molecule has 184 valence electrons. The van der Waals surface area contributed by atoms with E-state index in [9.17, 15) is 18.7 Å². The zero-order valence-corrected chi connectivity index (χ0v) is 19.7. The highest BCUT2D eigenvalue weighted by molar-refractivity contribution is 5.90. The molecule has 2 N–H and O–H groups in total. The molecule has 36 heavy (non-hydrogen) atoms. The first kappa shape index (κ1) is 23.8. The molecule has 1 unspecified atom stereocenters. The lowest BCUT2D eigenvalue weighted by Crippen LogP contribution is -2.39. The highest BCUT2D eigenvalue weighted by atomic mass is 19.2. The van der Waals surface area contributed by atoms with Gasteiger partial charge in [0.15, 0.2) is 11.6 Å². The van der Waals surface area contributed by atoms with Gasteiger partial charge in [-0.2, -0.15) is 0 Å². The maximum atomic E-state index is 14.3. The van der Waals surface area contributed by atoms with Crippen LogP contribution in [0.5, 0.6) is 5.75 Å². The first-order valence-electron chi connectivity index (χ1n) is 11.9. The van der Waals surface area contributed by atoms with Gasteiger partial charge in [0.05, 0.1) is 12.2 Å². The molecule has 7 heteroatoms. The average Bonchev–Trinajstić information content (AvgIpc) is 2.89. The lowest BCUT2D eigenvalue weighted by molar-refractivity contribution is 0.0690. The van der Waals surface area contributed by atoms with Crippen molar-refractivity contribution in [3.05, 3.63) is 102 Å². The first-order chi connectivity index (χ1) is 17.4. The van der Waals surface area contributed by atoms with Gasteiger partial charge in [-0.05, 0) is 54.4 Å². The second kappa shape index (κ2) is 9.95. The number of carboxylic acid groups (broad SMARTS) is 1. The lowest BCUT2D eigenvalue weighted by atomic mass is 9.99. The smallest absolute Gasteiger partial charge is 0.338 e. The molecule has 0 saturated carbocycles. The van der Waals surface area contributed by atoms with Gasteiger partial charge in [0, 0.05) is 17.8 Å². The molecule has 1 aliphatic rings. The molecule has 4 aromatic carbocycles. The van der Waals surface area contributed by atoms with Crippen LogP contribution in [0.3, 0.4) is 0 Å². The molecule has 0 saturated heterocycles. The van der Waals surface area contributed by atoms with Crippen LogP contribution in [-0.2, 0) is 0 Å². The number of fused-ring (bicyclic) bond motifs is 2. The molecular formula is C29H26F2N2O3. The van der Waals surface area contributed by atoms with Crippen LogP contribution >= 0.6 is 0 Å². The van der Waals surface area contributed by atoms with E-state index in [0.29, 0.717) is 30.9 Å². The van der Waals surface area contributed by atoms with E-state index >= 15 is 0 Å². The van der Waals surface area contributed by atoms with E-state index in [2.05, 4.69) is 42.6 Å². The van der Waals surface area contributed by atoms with Crippen LogP contribution in [0, 0.1) is 11.6 Å². The van der Waals surface area contributed by atoms with Crippen LogP contribution < -0.4 is 15.0 Å². The number of nitrogens with zero attached hydrogens (tertiary/aromatic N) is 1. The van der Waals surface area contributed by atoms with Crippen molar-refractivity contribution in [2.24, 2.45) is 0 Å². The summed E-state index contributed by atoms with van der Waals surface area (Å²) in [7, 11) is 0. The number of rotatable bonds is 7. The lowest BCUT2D eigenvalue weighted by Gasteiger charge is -2.36. The van der Waals surface area contributed by atoms with Crippen LogP contribution in [0.4, 0.5) is 20.2 Å². The fraction of sp³-hybridized carbons (Fsp3) is 0.207. The molecule has 1 aliphatic heterocycles. The van der Waals surface area contributed by atoms with Gasteiger partial charge >= 0.3 is 5.97 Å². The van der Waals surface area contributed by atoms with Gasteiger partial charge in [0.1, 0.15) is 17.4 Å². The number of carbonyl (C=O) groups is 1. The summed E-state index contributed by atoms with van der Waals surface area (Å²) < 4.78 is 34.5. The molecule has 0 spiro atoms. The number of hydrogen-bond donors (Lipinski definition) is 2. The minimum absolute atomic E-state index is 0.118. The second-order valence-electron chi connectivity index (χ2n) is 8.95. The Morgan fingerprint density at radius 1 is 1.08 bits per heavy atom. The fourth-order valence-corrected chi connectivity index (χ4v) is 4.78. The normalized spacial score (nSPS) is 15.9. The minimum Gasteiger partial charge on any atom is -0.486 e. The monoisotopic (exact) mass is 488 g/mol. The van der Waals surface area contributed by atoms with E-state index in [4.69, 9.17) is 4.74 Å². The molecule has 0 aliphatic carbocycles. The van der Waals surface area contributed by atoms with E-state index in [-0.39, 0.29) is 17.8 Å². The molecule has 5 rings (SSSR count). The van der Waals surface area contributed by atoms with Gasteiger partial charge in [-0.25, -0.2) is 13.6 Å². The Morgan fingerprint density at radius 2 is 1.83 bits per heavy atom. The SMILES string of the molecule is C[C@@H](NCCC1CN(c2cc(F)c(F)c(C(=O)O)c2)c2ccccc2O1)c1cccc2ccccc12. The quantitative estimate of drug-likeness (QED) is 0.313. The summed E-state index contributed by atoms with van der Waals surface area (Å²) in [5.41, 5.74) is 1.46. The summed E-state index contributed by atoms with van der Waals surface area (Å²) in [4.78, 5) is 13.2. The highest BCUT2D eigenvalue weighted by Gasteiger charge is 2.28. The average molecular weight is 489 g/mol. The topological polar surface area (TPSA) is 61.8 Å². The largest absolute Gasteiger partial charge is 0.486 e. The van der Waals surface area contributed by atoms with Gasteiger partial charge in [-0.15, -0.1) is 0 Å². The predicted octanol–water partition coefficient (Wildman–Crippen LogP) is 6.46. The summed E-state index contributed by atoms with van der Waals surface area (Å²) in [5, 5.41) is 15.3. The predicted molar refractivity (Wildman–Crippen MR) is 136 cm³/mol. The third-order valence-corrected chi connectivity index (χ3v) is 6.60. The van der Waals surface area contributed by atoms with E-state index in [1.54, 1.807) is 4.90 Å². The van der Waals surface area contributed by atoms with Crippen molar-refractivity contribution in [2.75, 3.05) is 18.0 Å². The number of para-hydroxylation sites is 2. The zero-order chi connectivity index (χ0) is 25.2. The Hall–Kier alpha value is -3.97. The van der Waals surface area contributed by atoms with Gasteiger partial charge in [0.2, 0.25) is 0 Å². The van der Waals surface area contributed by atoms with Gasteiger partial charge in [0.25, 0.3) is 0 Å². The molecule has 5 nitrogen and oxygen atoms in total. The van der Waals surface area contributed by atoms with Crippen molar-refractivity contribution in [3.8, 4) is 5.75 Å². The third-order valence-electron chi connectivity index (χ3n) is 6.60. The molecular weight excluding hydrogens is 462 g/mol. The standard InChI is InChI=1S/C29H26F2N2O3/c1-18(22-10-6-8-19-7-2-3-9-23(19)22)32-14-13-21-17-33(26-11-4-5-12-27(26)36-21)20-15-24(29(34)35)28(31)25(30)16-20/h2-12,15-16,18,21,32H,13-14,17H2,1H3,(H,34,35)/t18-,21?/m1/s1. The number of hydrogen-bond acceptors (Lipinski definition) is 4. The summed E-state index contributed by atoms with van der Waals surface area (Å²) >= 11 is 0. The Labute approximate surface area is 207 Å². The first-order valence-corrected chi connectivity index (χ1v) is 11.9. The maximum Gasteiger partial charge on any atom is 0.338 e. The summed E-state index contributed by atoms with van der Waals surface area (Å²) in [5.74, 6) is -3.47. The van der Waals surface area contributed by atoms with Gasteiger partial charge in [-0.1, -0.05) is 54.6 Å². The van der Waals surface area contributed by atoms with Crippen molar-refractivity contribution in [1.29, 1.82) is 0 Å². The van der Waals surface area contributed by atoms with Crippen molar-refractivity contribution < 1.29 is 23.4 Å². The number of anilines is 2. The van der Waals surface area contributed by atoms with Crippen molar-refractivity contribution in [3.63, 3.8) is 0 Å². The zero-order valence-electron chi connectivity index (χ0n) is 19.7. The molecule has 0 amide bonds. The molecule has 0 bridgehead atoms. The number of benzene rings is 4. The minimum atomic E-state index is -1.52. The van der Waals surface area contributed by atoms with E-state index in [1.807, 2.05) is 36.4 Å². The summed E-state index contributed by atoms with van der Waals surface area (Å²) in [6.45, 7) is 3.16. The van der Waals surface area contributed by atoms with E-state index in [1.165, 1.54) is 22.4 Å². The molecule has 4 aromatic rings. The van der Waals surface area contributed by atoms with Crippen LogP contribution in [0.25, 0.3) is 10.8 Å². The molecule has 1 heterocycles. The number of nitrogens with one attached hydrogen (secondary N) is 1. The molecule has 0 aromatic heterocycles. The van der Waals surface area contributed by atoms with Crippen LogP contribution in [0.15, 0.2) is 78.9 Å². The number of aromatic carboxylic acids is 1. The van der Waals surface area contributed by atoms with Crippen LogP contribution in [0.2, 0.25) is 0 Å². The fourth-order valence-electron chi connectivity index (χ4n) is 4.78. The van der Waals surface area contributed by atoms with Crippen molar-refractivity contribution in [1.82, 2.24) is 5.32 Å². The third kappa shape index (κ3) is 4.62. The van der Waals surface area contributed by atoms with Crippen molar-refractivity contribution in [2.45, 2.75) is 25.5 Å². The van der Waals surface area contributed by atoms with Crippen LogP contribution in [-0.4, -0.2) is 30.3 Å². The second-order valence-corrected chi connectivity index (χ2v) is 8.95. The Morgan fingerprint density at radius 3 is 2.67 bits per heavy atom. The molecule has 0 fully saturated rings. The summed E-state index contributed by atoms with van der Waals surface area (Å²) in [6.07, 6.45) is 0.420. The maximum absolute atomic E-state index is 14.3. The Balaban J connectivity index is 1.34. The molecule has 2 atom stereocenters. The molecule has 0 radical (unpaired) electrons. The Kier molecular flexibility index (Phi) is 6.57. The van der Waals surface area contributed by atoms with Crippen LogP contribution in [0.1, 0.15) is 35.3 Å². The van der Waals surface area contributed by atoms with Crippen molar-refractivity contribution >= 4 is 28.1 Å². The van der Waals surface area contributed by atoms with E-state index in [0.717, 1.165) is 6.07 Å². The van der Waals surface area contributed by atoms with Gasteiger partial charge < -0.3 is 20.1 Å². The van der Waals surface area contributed by atoms with Gasteiger partial charge in [-0.3, -0.25) is 0 Å². The number of carboxylic acids is 1. The number of ether oxygens (including phenoxy) is 1. The van der Waals surface area contributed by atoms with E-state index < -0.39 is 23.2 Å². The summed E-state index contributed by atoms with van der Waals surface area (Å²) in [6, 6.07) is 24.2.